The molecule has 0 aliphatic carbocycles. The lowest BCUT2D eigenvalue weighted by atomic mass is 10.2. The first kappa shape index (κ1) is 15.4. The van der Waals surface area contributed by atoms with E-state index in [4.69, 9.17) is 27.9 Å². The molecule has 0 fully saturated rings. The van der Waals surface area contributed by atoms with E-state index in [1.807, 2.05) is 22.9 Å². The van der Waals surface area contributed by atoms with Crippen molar-refractivity contribution in [3.8, 4) is 0 Å². The van der Waals surface area contributed by atoms with Crippen molar-refractivity contribution in [1.82, 2.24) is 9.78 Å². The van der Waals surface area contributed by atoms with Gasteiger partial charge in [0.1, 0.15) is 5.82 Å². The minimum absolute atomic E-state index is 0.561. The largest absolute Gasteiger partial charge is 0.377 e. The van der Waals surface area contributed by atoms with E-state index in [1.54, 1.807) is 12.3 Å². The summed E-state index contributed by atoms with van der Waals surface area (Å²) < 4.78 is 7.32. The third-order valence-electron chi connectivity index (χ3n) is 3.55. The number of benzene rings is 1. The molecule has 22 heavy (non-hydrogen) atoms. The molecule has 2 aromatic rings. The number of nitrogens with zero attached hydrogens (tertiary/aromatic N) is 2. The molecule has 0 saturated carbocycles. The summed E-state index contributed by atoms with van der Waals surface area (Å²) in [7, 11) is 0. The first-order valence-electron chi connectivity index (χ1n) is 7.18. The topological polar surface area (TPSA) is 39.1 Å². The zero-order valence-corrected chi connectivity index (χ0v) is 13.6. The lowest BCUT2D eigenvalue weighted by Crippen LogP contribution is -2.16. The summed E-state index contributed by atoms with van der Waals surface area (Å²) in [4.78, 5) is 0. The maximum Gasteiger partial charge on any atom is 0.124 e. The smallest absolute Gasteiger partial charge is 0.124 e. The molecular weight excluding hydrogens is 321 g/mol. The lowest BCUT2D eigenvalue weighted by Gasteiger charge is -2.16. The molecule has 0 amide bonds. The molecule has 1 aromatic carbocycles. The Bertz CT molecular complexity index is 682. The Kier molecular flexibility index (Phi) is 5.03. The van der Waals surface area contributed by atoms with Crippen LogP contribution in [-0.4, -0.2) is 29.5 Å². The highest BCUT2D eigenvalue weighted by molar-refractivity contribution is 6.42. The molecule has 0 bridgehead atoms. The van der Waals surface area contributed by atoms with Gasteiger partial charge in [0, 0.05) is 12.6 Å². The summed E-state index contributed by atoms with van der Waals surface area (Å²) >= 11 is 12.3. The third kappa shape index (κ3) is 3.64. The van der Waals surface area contributed by atoms with Gasteiger partial charge in [-0.1, -0.05) is 41.4 Å². The number of nitrogens with one attached hydrogen (secondary N) is 1. The number of ether oxygens (including phenoxy) is 1. The predicted molar refractivity (Wildman–Crippen MR) is 89.8 cm³/mol. The maximum absolute atomic E-state index is 6.24. The minimum atomic E-state index is 0.561. The zero-order chi connectivity index (χ0) is 15.4. The van der Waals surface area contributed by atoms with E-state index in [-0.39, 0.29) is 0 Å². The fraction of sp³-hybridized carbons (Fsp3) is 0.312. The molecular formula is C16H17Cl2N3O. The molecule has 1 N–H and O–H groups in total. The van der Waals surface area contributed by atoms with E-state index in [0.717, 1.165) is 31.0 Å². The van der Waals surface area contributed by atoms with Crippen molar-refractivity contribution < 1.29 is 4.74 Å². The van der Waals surface area contributed by atoms with Crippen LogP contribution in [-0.2, 0) is 11.3 Å². The maximum atomic E-state index is 6.24. The molecule has 0 saturated heterocycles. The van der Waals surface area contributed by atoms with Crippen LogP contribution in [0.5, 0.6) is 0 Å². The number of halogens is 2. The van der Waals surface area contributed by atoms with E-state index < -0.39 is 0 Å². The van der Waals surface area contributed by atoms with Gasteiger partial charge >= 0.3 is 0 Å². The standard InChI is InChI=1S/C16H17Cl2N3O/c17-14-5-1-4-13(16(14)18)10-21-15(6-7-20-21)19-9-12-3-2-8-22-11-12/h1,3-7,19H,2,8-11H2. The van der Waals surface area contributed by atoms with Gasteiger partial charge in [0.15, 0.2) is 0 Å². The summed E-state index contributed by atoms with van der Waals surface area (Å²) in [5.41, 5.74) is 2.21. The highest BCUT2D eigenvalue weighted by Crippen LogP contribution is 2.26. The van der Waals surface area contributed by atoms with Crippen LogP contribution in [0.25, 0.3) is 0 Å². The molecule has 4 nitrogen and oxygen atoms in total. The van der Waals surface area contributed by atoms with Crippen LogP contribution in [0.15, 0.2) is 42.1 Å². The van der Waals surface area contributed by atoms with Gasteiger partial charge in [-0.05, 0) is 23.6 Å². The Morgan fingerprint density at radius 2 is 2.18 bits per heavy atom. The van der Waals surface area contributed by atoms with Crippen molar-refractivity contribution in [2.75, 3.05) is 25.1 Å². The van der Waals surface area contributed by atoms with Crippen LogP contribution >= 0.6 is 23.2 Å². The van der Waals surface area contributed by atoms with Crippen LogP contribution in [0, 0.1) is 0 Å². The Hall–Kier alpha value is -1.49. The molecule has 0 atom stereocenters. The first-order chi connectivity index (χ1) is 10.7. The van der Waals surface area contributed by atoms with E-state index in [2.05, 4.69) is 16.5 Å². The van der Waals surface area contributed by atoms with Crippen molar-refractivity contribution in [2.45, 2.75) is 13.0 Å². The van der Waals surface area contributed by atoms with Crippen molar-refractivity contribution >= 4 is 29.0 Å². The minimum Gasteiger partial charge on any atom is -0.377 e. The second-order valence-corrected chi connectivity index (χ2v) is 5.93. The SMILES string of the molecule is Clc1cccc(Cn2nccc2NCC2=CCCOC2)c1Cl. The Labute approximate surface area is 139 Å². The summed E-state index contributed by atoms with van der Waals surface area (Å²) in [5.74, 6) is 0.947. The van der Waals surface area contributed by atoms with Crippen LogP contribution in [0.1, 0.15) is 12.0 Å². The quantitative estimate of drug-likeness (QED) is 0.838. The Morgan fingerprint density at radius 1 is 1.27 bits per heavy atom. The van der Waals surface area contributed by atoms with Crippen molar-refractivity contribution in [3.63, 3.8) is 0 Å². The molecule has 116 valence electrons. The molecule has 0 unspecified atom stereocenters. The molecule has 1 aliphatic rings. The van der Waals surface area contributed by atoms with Crippen LogP contribution in [0.3, 0.4) is 0 Å². The zero-order valence-electron chi connectivity index (χ0n) is 12.1. The van der Waals surface area contributed by atoms with E-state index in [9.17, 15) is 0 Å². The van der Waals surface area contributed by atoms with Crippen molar-refractivity contribution in [1.29, 1.82) is 0 Å². The summed E-state index contributed by atoms with van der Waals surface area (Å²) in [6.07, 6.45) is 4.98. The number of hydrogen-bond acceptors (Lipinski definition) is 3. The average Bonchev–Trinajstić information content (AvgIpc) is 2.98. The van der Waals surface area contributed by atoms with Gasteiger partial charge in [-0.2, -0.15) is 5.10 Å². The average molecular weight is 338 g/mol. The van der Waals surface area contributed by atoms with Gasteiger partial charge in [0.05, 0.1) is 36.0 Å². The van der Waals surface area contributed by atoms with Gasteiger partial charge in [-0.15, -0.1) is 0 Å². The summed E-state index contributed by atoms with van der Waals surface area (Å²) in [6, 6.07) is 7.58. The Morgan fingerprint density at radius 3 is 3.00 bits per heavy atom. The Balaban J connectivity index is 1.69. The number of hydrogen-bond donors (Lipinski definition) is 1. The number of aromatic nitrogens is 2. The van der Waals surface area contributed by atoms with Gasteiger partial charge < -0.3 is 10.1 Å². The summed E-state index contributed by atoms with van der Waals surface area (Å²) in [6.45, 7) is 2.84. The number of rotatable bonds is 5. The summed E-state index contributed by atoms with van der Waals surface area (Å²) in [5, 5.41) is 8.88. The van der Waals surface area contributed by atoms with E-state index in [1.165, 1.54) is 5.57 Å². The second-order valence-electron chi connectivity index (χ2n) is 5.14. The van der Waals surface area contributed by atoms with Crippen LogP contribution in [0.2, 0.25) is 10.0 Å². The highest BCUT2D eigenvalue weighted by atomic mass is 35.5. The van der Waals surface area contributed by atoms with Gasteiger partial charge in [0.25, 0.3) is 0 Å². The van der Waals surface area contributed by atoms with E-state index >= 15 is 0 Å². The van der Waals surface area contributed by atoms with Gasteiger partial charge in [-0.3, -0.25) is 0 Å². The molecule has 0 spiro atoms. The van der Waals surface area contributed by atoms with Crippen LogP contribution in [0.4, 0.5) is 5.82 Å². The van der Waals surface area contributed by atoms with Gasteiger partial charge in [-0.25, -0.2) is 4.68 Å². The third-order valence-corrected chi connectivity index (χ3v) is 4.41. The van der Waals surface area contributed by atoms with Gasteiger partial charge in [0.2, 0.25) is 0 Å². The molecule has 1 aromatic heterocycles. The monoisotopic (exact) mass is 337 g/mol. The molecule has 6 heteroatoms. The van der Waals surface area contributed by atoms with Crippen LogP contribution < -0.4 is 5.32 Å². The molecule has 2 heterocycles. The van der Waals surface area contributed by atoms with Crippen molar-refractivity contribution in [3.05, 3.63) is 57.7 Å². The fourth-order valence-electron chi connectivity index (χ4n) is 2.38. The fourth-order valence-corrected chi connectivity index (χ4v) is 2.76. The second kappa shape index (κ2) is 7.18. The molecule has 3 rings (SSSR count). The first-order valence-corrected chi connectivity index (χ1v) is 7.94. The van der Waals surface area contributed by atoms with Crippen molar-refractivity contribution in [2.24, 2.45) is 0 Å². The molecule has 1 aliphatic heterocycles. The highest BCUT2D eigenvalue weighted by Gasteiger charge is 2.09. The molecule has 0 radical (unpaired) electrons. The number of anilines is 1. The lowest BCUT2D eigenvalue weighted by molar-refractivity contribution is 0.150. The van der Waals surface area contributed by atoms with E-state index in [0.29, 0.717) is 23.2 Å². The normalized spacial score (nSPS) is 14.7. The predicted octanol–water partition coefficient (Wildman–Crippen LogP) is 4.00.